The first-order valence-corrected chi connectivity index (χ1v) is 6.33. The van der Waals surface area contributed by atoms with Crippen molar-refractivity contribution in [2.75, 3.05) is 0 Å². The van der Waals surface area contributed by atoms with Crippen LogP contribution in [0.2, 0.25) is 0 Å². The lowest BCUT2D eigenvalue weighted by atomic mass is 9.79. The summed E-state index contributed by atoms with van der Waals surface area (Å²) < 4.78 is 0. The molecule has 1 heteroatoms. The molecule has 0 aromatic rings. The van der Waals surface area contributed by atoms with Gasteiger partial charge in [0.1, 0.15) is 0 Å². The molecule has 14 heavy (non-hydrogen) atoms. The molecule has 2 unspecified atom stereocenters. The molecule has 0 heterocycles. The Hall–Kier alpha value is -0.0400. The van der Waals surface area contributed by atoms with Gasteiger partial charge in [0.05, 0.1) is 5.60 Å². The molecule has 0 amide bonds. The van der Waals surface area contributed by atoms with E-state index < -0.39 is 5.60 Å². The Balaban J connectivity index is 4.05. The van der Waals surface area contributed by atoms with Crippen LogP contribution in [0.4, 0.5) is 0 Å². The molecule has 0 radical (unpaired) electrons. The molecular weight excluding hydrogens is 172 g/mol. The predicted octanol–water partition coefficient (Wildman–Crippen LogP) is 4.14. The molecular formula is C13H28O. The predicted molar refractivity (Wildman–Crippen MR) is 63.5 cm³/mol. The zero-order valence-corrected chi connectivity index (χ0v) is 10.5. The summed E-state index contributed by atoms with van der Waals surface area (Å²) in [7, 11) is 0. The van der Waals surface area contributed by atoms with Crippen LogP contribution in [-0.2, 0) is 0 Å². The van der Waals surface area contributed by atoms with E-state index in [0.717, 1.165) is 19.3 Å². The molecule has 1 N–H and O–H groups in total. The maximum Gasteiger partial charge on any atom is 0.0670 e. The molecule has 0 aromatic carbocycles. The average molecular weight is 200 g/mol. The summed E-state index contributed by atoms with van der Waals surface area (Å²) in [6, 6.07) is 0. The van der Waals surface area contributed by atoms with Gasteiger partial charge >= 0.3 is 0 Å². The van der Waals surface area contributed by atoms with E-state index in [9.17, 15) is 5.11 Å². The lowest BCUT2D eigenvalue weighted by Crippen LogP contribution is -2.35. The van der Waals surface area contributed by atoms with Crippen LogP contribution in [0, 0.1) is 5.92 Å². The number of rotatable bonds is 8. The maximum atomic E-state index is 10.4. The summed E-state index contributed by atoms with van der Waals surface area (Å²) in [4.78, 5) is 0. The van der Waals surface area contributed by atoms with Gasteiger partial charge in [-0.15, -0.1) is 0 Å². The molecule has 1 nitrogen and oxygen atoms in total. The molecule has 0 aliphatic rings. The molecule has 0 saturated carbocycles. The van der Waals surface area contributed by atoms with Crippen molar-refractivity contribution in [3.05, 3.63) is 0 Å². The molecule has 0 aliphatic heterocycles. The van der Waals surface area contributed by atoms with Gasteiger partial charge in [-0.05, 0) is 25.2 Å². The Morgan fingerprint density at radius 3 is 2.07 bits per heavy atom. The van der Waals surface area contributed by atoms with Crippen molar-refractivity contribution < 1.29 is 5.11 Å². The SMILES string of the molecule is CCCCC(C)C(O)(CC)CCCC. The third-order valence-electron chi connectivity index (χ3n) is 3.48. The van der Waals surface area contributed by atoms with Crippen LogP contribution in [0.25, 0.3) is 0 Å². The lowest BCUT2D eigenvalue weighted by molar-refractivity contribution is -0.0285. The normalized spacial score (nSPS) is 17.8. The molecule has 0 aliphatic carbocycles. The standard InChI is InChI=1S/C13H28O/c1-5-8-10-12(4)13(14,7-3)11-9-6-2/h12,14H,5-11H2,1-4H3. The molecule has 0 saturated heterocycles. The van der Waals surface area contributed by atoms with Gasteiger partial charge in [-0.25, -0.2) is 0 Å². The van der Waals surface area contributed by atoms with Crippen LogP contribution >= 0.6 is 0 Å². The van der Waals surface area contributed by atoms with E-state index in [1.165, 1.54) is 25.7 Å². The van der Waals surface area contributed by atoms with Crippen molar-refractivity contribution in [2.24, 2.45) is 5.92 Å². The van der Waals surface area contributed by atoms with E-state index in [2.05, 4.69) is 27.7 Å². The third kappa shape index (κ3) is 4.45. The van der Waals surface area contributed by atoms with Crippen LogP contribution < -0.4 is 0 Å². The fourth-order valence-corrected chi connectivity index (χ4v) is 2.03. The fraction of sp³-hybridized carbons (Fsp3) is 1.00. The Labute approximate surface area is 89.9 Å². The largest absolute Gasteiger partial charge is 0.390 e. The number of hydrogen-bond acceptors (Lipinski definition) is 1. The molecule has 0 spiro atoms. The minimum Gasteiger partial charge on any atom is -0.390 e. The van der Waals surface area contributed by atoms with Crippen LogP contribution in [0.3, 0.4) is 0 Å². The Morgan fingerprint density at radius 1 is 1.07 bits per heavy atom. The summed E-state index contributed by atoms with van der Waals surface area (Å²) in [6.45, 7) is 8.71. The third-order valence-corrected chi connectivity index (χ3v) is 3.48. The molecule has 0 aromatic heterocycles. The van der Waals surface area contributed by atoms with Crippen molar-refractivity contribution in [2.45, 2.75) is 78.2 Å². The number of hydrogen-bond donors (Lipinski definition) is 1. The van der Waals surface area contributed by atoms with Crippen LogP contribution in [0.5, 0.6) is 0 Å². The van der Waals surface area contributed by atoms with E-state index in [1.54, 1.807) is 0 Å². The zero-order chi connectivity index (χ0) is 11.0. The smallest absolute Gasteiger partial charge is 0.0670 e. The molecule has 0 rings (SSSR count). The lowest BCUT2D eigenvalue weighted by Gasteiger charge is -2.33. The van der Waals surface area contributed by atoms with Gasteiger partial charge in [-0.1, -0.05) is 53.4 Å². The van der Waals surface area contributed by atoms with Gasteiger partial charge in [0.2, 0.25) is 0 Å². The summed E-state index contributed by atoms with van der Waals surface area (Å²) >= 11 is 0. The monoisotopic (exact) mass is 200 g/mol. The van der Waals surface area contributed by atoms with Gasteiger partial charge in [0.25, 0.3) is 0 Å². The first-order chi connectivity index (χ1) is 6.60. The second-order valence-electron chi connectivity index (χ2n) is 4.60. The Kier molecular flexibility index (Phi) is 7.26. The minimum absolute atomic E-state index is 0.398. The van der Waals surface area contributed by atoms with Crippen molar-refractivity contribution in [3.8, 4) is 0 Å². The summed E-state index contributed by atoms with van der Waals surface area (Å²) in [5, 5.41) is 10.4. The second-order valence-corrected chi connectivity index (χ2v) is 4.60. The van der Waals surface area contributed by atoms with E-state index in [4.69, 9.17) is 0 Å². The van der Waals surface area contributed by atoms with Gasteiger partial charge in [-0.3, -0.25) is 0 Å². The van der Waals surface area contributed by atoms with E-state index >= 15 is 0 Å². The van der Waals surface area contributed by atoms with Crippen LogP contribution in [0.15, 0.2) is 0 Å². The maximum absolute atomic E-state index is 10.4. The molecule has 86 valence electrons. The van der Waals surface area contributed by atoms with Crippen molar-refractivity contribution in [1.82, 2.24) is 0 Å². The molecule has 0 bridgehead atoms. The van der Waals surface area contributed by atoms with Gasteiger partial charge < -0.3 is 5.11 Å². The van der Waals surface area contributed by atoms with Gasteiger partial charge in [0.15, 0.2) is 0 Å². The Bertz CT molecular complexity index is 133. The molecule has 2 atom stereocenters. The first kappa shape index (κ1) is 14.0. The van der Waals surface area contributed by atoms with Gasteiger partial charge in [0, 0.05) is 0 Å². The zero-order valence-electron chi connectivity index (χ0n) is 10.5. The summed E-state index contributed by atoms with van der Waals surface area (Å²) in [6.07, 6.45) is 7.87. The van der Waals surface area contributed by atoms with Crippen LogP contribution in [-0.4, -0.2) is 10.7 Å². The van der Waals surface area contributed by atoms with Crippen molar-refractivity contribution in [3.63, 3.8) is 0 Å². The van der Waals surface area contributed by atoms with Gasteiger partial charge in [-0.2, -0.15) is 0 Å². The summed E-state index contributed by atoms with van der Waals surface area (Å²) in [5.41, 5.74) is -0.398. The minimum atomic E-state index is -0.398. The fourth-order valence-electron chi connectivity index (χ4n) is 2.03. The topological polar surface area (TPSA) is 20.2 Å². The highest BCUT2D eigenvalue weighted by Crippen LogP contribution is 2.30. The molecule has 0 fully saturated rings. The highest BCUT2D eigenvalue weighted by Gasteiger charge is 2.30. The summed E-state index contributed by atoms with van der Waals surface area (Å²) in [5.74, 6) is 0.457. The van der Waals surface area contributed by atoms with E-state index in [1.807, 2.05) is 0 Å². The Morgan fingerprint density at radius 2 is 1.64 bits per heavy atom. The van der Waals surface area contributed by atoms with Crippen molar-refractivity contribution in [1.29, 1.82) is 0 Å². The second kappa shape index (κ2) is 7.28. The number of aliphatic hydroxyl groups is 1. The van der Waals surface area contributed by atoms with Crippen LogP contribution in [0.1, 0.15) is 72.6 Å². The number of unbranched alkanes of at least 4 members (excludes halogenated alkanes) is 2. The van der Waals surface area contributed by atoms with E-state index in [0.29, 0.717) is 5.92 Å². The highest BCUT2D eigenvalue weighted by molar-refractivity contribution is 4.82. The average Bonchev–Trinajstić information content (AvgIpc) is 2.22. The van der Waals surface area contributed by atoms with E-state index in [-0.39, 0.29) is 0 Å². The van der Waals surface area contributed by atoms with Crippen molar-refractivity contribution >= 4 is 0 Å². The quantitative estimate of drug-likeness (QED) is 0.624. The first-order valence-electron chi connectivity index (χ1n) is 6.33. The highest BCUT2D eigenvalue weighted by atomic mass is 16.3.